The maximum absolute atomic E-state index is 9.47. The number of aromatic hydroxyl groups is 1. The van der Waals surface area contributed by atoms with Gasteiger partial charge in [0.25, 0.3) is 5.89 Å². The van der Waals surface area contributed by atoms with Gasteiger partial charge in [0.1, 0.15) is 5.75 Å². The van der Waals surface area contributed by atoms with E-state index in [0.717, 1.165) is 16.8 Å². The number of nitrogens with zero attached hydrogens (tertiary/aromatic N) is 2. The highest BCUT2D eigenvalue weighted by Gasteiger charge is 2.11. The summed E-state index contributed by atoms with van der Waals surface area (Å²) in [6.07, 6.45) is 1.80. The maximum atomic E-state index is 9.47. The van der Waals surface area contributed by atoms with Crippen molar-refractivity contribution in [2.24, 2.45) is 0 Å². The minimum absolute atomic E-state index is 0.253. The monoisotopic (exact) mass is 241 g/mol. The molecule has 90 valence electrons. The van der Waals surface area contributed by atoms with E-state index in [-0.39, 0.29) is 5.75 Å². The Hall–Kier alpha value is -2.56. The topological polar surface area (TPSA) is 74.9 Å². The van der Waals surface area contributed by atoms with Gasteiger partial charge in [-0.1, -0.05) is 5.16 Å². The van der Waals surface area contributed by atoms with Crippen molar-refractivity contribution >= 4 is 0 Å². The van der Waals surface area contributed by atoms with Crippen LogP contribution < -0.4 is 0 Å². The average molecular weight is 241 g/mol. The molecular formula is C13H11N3O2. The van der Waals surface area contributed by atoms with Crippen LogP contribution in [0.5, 0.6) is 5.75 Å². The second-order valence-electron chi connectivity index (χ2n) is 4.01. The van der Waals surface area contributed by atoms with Gasteiger partial charge in [-0.15, -0.1) is 0 Å². The summed E-state index contributed by atoms with van der Waals surface area (Å²) in [6.45, 7) is 1.82. The molecule has 0 atom stereocenters. The molecule has 0 saturated carbocycles. The van der Waals surface area contributed by atoms with Crippen molar-refractivity contribution in [2.45, 2.75) is 6.92 Å². The first-order valence-corrected chi connectivity index (χ1v) is 5.51. The number of aromatic nitrogens is 3. The van der Waals surface area contributed by atoms with Gasteiger partial charge in [0.2, 0.25) is 5.82 Å². The molecule has 3 rings (SSSR count). The SMILES string of the molecule is Cc1cc(-c2nc(-c3ccc[nH]3)no2)ccc1O. The highest BCUT2D eigenvalue weighted by atomic mass is 16.5. The summed E-state index contributed by atoms with van der Waals surface area (Å²) in [4.78, 5) is 7.32. The predicted octanol–water partition coefficient (Wildman–Crippen LogP) is 2.75. The molecule has 0 fully saturated rings. The molecule has 5 nitrogen and oxygen atoms in total. The lowest BCUT2D eigenvalue weighted by atomic mass is 10.1. The quantitative estimate of drug-likeness (QED) is 0.723. The summed E-state index contributed by atoms with van der Waals surface area (Å²) in [7, 11) is 0. The summed E-state index contributed by atoms with van der Waals surface area (Å²) in [6, 6.07) is 8.91. The van der Waals surface area contributed by atoms with Crippen LogP contribution in [-0.2, 0) is 0 Å². The van der Waals surface area contributed by atoms with Gasteiger partial charge in [-0.2, -0.15) is 4.98 Å². The van der Waals surface area contributed by atoms with E-state index >= 15 is 0 Å². The Morgan fingerprint density at radius 1 is 1.28 bits per heavy atom. The lowest BCUT2D eigenvalue weighted by Crippen LogP contribution is -1.82. The minimum Gasteiger partial charge on any atom is -0.508 e. The zero-order chi connectivity index (χ0) is 12.5. The standard InChI is InChI=1S/C13H11N3O2/c1-8-7-9(4-5-11(8)17)13-15-12(16-18-13)10-3-2-6-14-10/h2-7,14,17H,1H3. The Morgan fingerprint density at radius 2 is 2.17 bits per heavy atom. The van der Waals surface area contributed by atoms with Crippen molar-refractivity contribution < 1.29 is 9.63 Å². The molecule has 5 heteroatoms. The third-order valence-electron chi connectivity index (χ3n) is 2.71. The highest BCUT2D eigenvalue weighted by molar-refractivity contribution is 5.59. The second-order valence-corrected chi connectivity index (χ2v) is 4.01. The van der Waals surface area contributed by atoms with Gasteiger partial charge in [-0.05, 0) is 42.8 Å². The van der Waals surface area contributed by atoms with Gasteiger partial charge < -0.3 is 14.6 Å². The van der Waals surface area contributed by atoms with Crippen LogP contribution in [0.4, 0.5) is 0 Å². The molecule has 2 heterocycles. The molecule has 0 aliphatic heterocycles. The molecule has 0 aliphatic carbocycles. The number of hydrogen-bond donors (Lipinski definition) is 2. The fourth-order valence-corrected chi connectivity index (χ4v) is 1.71. The Bertz CT molecular complexity index is 671. The zero-order valence-electron chi connectivity index (χ0n) is 9.71. The van der Waals surface area contributed by atoms with E-state index in [1.807, 2.05) is 19.1 Å². The summed E-state index contributed by atoms with van der Waals surface area (Å²) < 4.78 is 5.21. The molecule has 3 aromatic rings. The largest absolute Gasteiger partial charge is 0.508 e. The maximum Gasteiger partial charge on any atom is 0.258 e. The van der Waals surface area contributed by atoms with Crippen LogP contribution >= 0.6 is 0 Å². The van der Waals surface area contributed by atoms with Gasteiger partial charge in [-0.25, -0.2) is 0 Å². The van der Waals surface area contributed by atoms with Crippen molar-refractivity contribution in [3.8, 4) is 28.7 Å². The van der Waals surface area contributed by atoms with E-state index in [2.05, 4.69) is 15.1 Å². The van der Waals surface area contributed by atoms with Crippen LogP contribution in [0.25, 0.3) is 23.0 Å². The number of phenols is 1. The smallest absolute Gasteiger partial charge is 0.258 e. The van der Waals surface area contributed by atoms with E-state index < -0.39 is 0 Å². The molecule has 0 spiro atoms. The number of benzene rings is 1. The summed E-state index contributed by atoms with van der Waals surface area (Å²) in [5.41, 5.74) is 2.36. The number of H-pyrrole nitrogens is 1. The van der Waals surface area contributed by atoms with Gasteiger partial charge in [0.05, 0.1) is 5.69 Å². The van der Waals surface area contributed by atoms with Crippen molar-refractivity contribution in [1.29, 1.82) is 0 Å². The molecule has 0 aliphatic rings. The van der Waals surface area contributed by atoms with Gasteiger partial charge in [-0.3, -0.25) is 0 Å². The Morgan fingerprint density at radius 3 is 2.89 bits per heavy atom. The highest BCUT2D eigenvalue weighted by Crippen LogP contribution is 2.25. The fraction of sp³-hybridized carbons (Fsp3) is 0.0769. The van der Waals surface area contributed by atoms with E-state index in [1.165, 1.54) is 0 Å². The van der Waals surface area contributed by atoms with Crippen molar-refractivity contribution in [1.82, 2.24) is 15.1 Å². The third-order valence-corrected chi connectivity index (χ3v) is 2.71. The Kier molecular flexibility index (Phi) is 2.37. The Labute approximate surface area is 103 Å². The normalized spacial score (nSPS) is 10.7. The number of nitrogens with one attached hydrogen (secondary N) is 1. The first kappa shape index (κ1) is 10.6. The number of aryl methyl sites for hydroxylation is 1. The molecule has 2 aromatic heterocycles. The van der Waals surface area contributed by atoms with Gasteiger partial charge >= 0.3 is 0 Å². The van der Waals surface area contributed by atoms with Crippen LogP contribution in [0.1, 0.15) is 5.56 Å². The molecule has 0 saturated heterocycles. The average Bonchev–Trinajstić information content (AvgIpc) is 3.01. The lowest BCUT2D eigenvalue weighted by Gasteiger charge is -1.99. The van der Waals surface area contributed by atoms with Crippen LogP contribution in [0.2, 0.25) is 0 Å². The van der Waals surface area contributed by atoms with Crippen LogP contribution in [0.3, 0.4) is 0 Å². The van der Waals surface area contributed by atoms with Gasteiger partial charge in [0.15, 0.2) is 0 Å². The summed E-state index contributed by atoms with van der Waals surface area (Å²) >= 11 is 0. The molecule has 0 bridgehead atoms. The number of phenolic OH excluding ortho intramolecular Hbond substituents is 1. The summed E-state index contributed by atoms with van der Waals surface area (Å²) in [5.74, 6) is 1.20. The third kappa shape index (κ3) is 1.75. The molecule has 0 amide bonds. The van der Waals surface area contributed by atoms with Gasteiger partial charge in [0, 0.05) is 11.8 Å². The second kappa shape index (κ2) is 4.03. The van der Waals surface area contributed by atoms with E-state index in [1.54, 1.807) is 24.4 Å². The van der Waals surface area contributed by atoms with Crippen LogP contribution in [0.15, 0.2) is 41.1 Å². The van der Waals surface area contributed by atoms with Crippen LogP contribution in [-0.4, -0.2) is 20.2 Å². The summed E-state index contributed by atoms with van der Waals surface area (Å²) in [5, 5.41) is 13.4. The minimum atomic E-state index is 0.253. The van der Waals surface area contributed by atoms with Crippen molar-refractivity contribution in [3.63, 3.8) is 0 Å². The van der Waals surface area contributed by atoms with Crippen molar-refractivity contribution in [2.75, 3.05) is 0 Å². The molecular weight excluding hydrogens is 230 g/mol. The van der Waals surface area contributed by atoms with E-state index in [9.17, 15) is 5.11 Å². The molecule has 0 radical (unpaired) electrons. The number of hydrogen-bond acceptors (Lipinski definition) is 4. The molecule has 0 unspecified atom stereocenters. The van der Waals surface area contributed by atoms with E-state index in [0.29, 0.717) is 11.7 Å². The van der Waals surface area contributed by atoms with E-state index in [4.69, 9.17) is 4.52 Å². The number of rotatable bonds is 2. The molecule has 1 aromatic carbocycles. The first-order chi connectivity index (χ1) is 8.74. The molecule has 18 heavy (non-hydrogen) atoms. The Balaban J connectivity index is 2.00. The number of aromatic amines is 1. The van der Waals surface area contributed by atoms with Crippen molar-refractivity contribution in [3.05, 3.63) is 42.1 Å². The zero-order valence-corrected chi connectivity index (χ0v) is 9.71. The first-order valence-electron chi connectivity index (χ1n) is 5.51. The fourth-order valence-electron chi connectivity index (χ4n) is 1.71. The molecule has 2 N–H and O–H groups in total. The predicted molar refractivity (Wildman–Crippen MR) is 65.9 cm³/mol. The lowest BCUT2D eigenvalue weighted by molar-refractivity contribution is 0.432. The van der Waals surface area contributed by atoms with Crippen LogP contribution in [0, 0.1) is 6.92 Å².